The Labute approximate surface area is 207 Å². The minimum Gasteiger partial charge on any atom is -0.369 e. The van der Waals surface area contributed by atoms with E-state index in [-0.39, 0.29) is 23.1 Å². The van der Waals surface area contributed by atoms with Crippen LogP contribution in [0.2, 0.25) is 0 Å². The summed E-state index contributed by atoms with van der Waals surface area (Å²) >= 11 is 0. The standard InChI is InChI=1S/C26H28N8O2/c1-15-10-18(33-9-8-25(2,14-33)17-6-4-3-5-7-17)12-34-23(15)29-24(32-34)26-11-16(13-36-26)19(26)21-28-22(20(27)35)31-30-21/h3-7,10,12,16,19H,8-9,11,13-14H2,1-2H3,(H2,27,35)(H,28,30,31)/t16?,19?,25-,26?/m0/s1. The number of carbonyl (C=O) groups excluding carboxylic acids is 1. The van der Waals surface area contributed by atoms with E-state index in [0.717, 1.165) is 42.8 Å². The van der Waals surface area contributed by atoms with Crippen molar-refractivity contribution in [3.8, 4) is 0 Å². The molecular weight excluding hydrogens is 456 g/mol. The number of benzene rings is 1. The Morgan fingerprint density at radius 2 is 2.08 bits per heavy atom. The van der Waals surface area contributed by atoms with Crippen LogP contribution in [-0.4, -0.2) is 55.4 Å². The number of H-pyrrole nitrogens is 1. The number of fused-ring (bicyclic) bond motifs is 2. The summed E-state index contributed by atoms with van der Waals surface area (Å²) in [6, 6.07) is 13.0. The van der Waals surface area contributed by atoms with Gasteiger partial charge in [-0.3, -0.25) is 9.89 Å². The third-order valence-corrected chi connectivity index (χ3v) is 8.40. The zero-order valence-corrected chi connectivity index (χ0v) is 20.3. The molecule has 1 saturated carbocycles. The largest absolute Gasteiger partial charge is 0.369 e. The fraction of sp³-hybridized carbons (Fsp3) is 0.423. The molecule has 1 aliphatic carbocycles. The number of rotatable bonds is 5. The number of anilines is 1. The van der Waals surface area contributed by atoms with E-state index in [9.17, 15) is 4.79 Å². The summed E-state index contributed by atoms with van der Waals surface area (Å²) in [6.45, 7) is 6.96. The van der Waals surface area contributed by atoms with Gasteiger partial charge in [-0.1, -0.05) is 37.3 Å². The van der Waals surface area contributed by atoms with E-state index < -0.39 is 11.5 Å². The van der Waals surface area contributed by atoms with Crippen molar-refractivity contribution in [3.05, 3.63) is 71.2 Å². The summed E-state index contributed by atoms with van der Waals surface area (Å²) < 4.78 is 8.14. The lowest BCUT2D eigenvalue weighted by atomic mass is 9.63. The summed E-state index contributed by atoms with van der Waals surface area (Å²) in [5, 5.41) is 11.8. The maximum absolute atomic E-state index is 11.5. The molecule has 3 saturated heterocycles. The van der Waals surface area contributed by atoms with Crippen LogP contribution in [0, 0.1) is 12.8 Å². The zero-order valence-electron chi connectivity index (χ0n) is 20.3. The first-order valence-electron chi connectivity index (χ1n) is 12.4. The van der Waals surface area contributed by atoms with Crippen LogP contribution in [0.25, 0.3) is 5.65 Å². The lowest BCUT2D eigenvalue weighted by molar-refractivity contribution is -0.0345. The van der Waals surface area contributed by atoms with Gasteiger partial charge in [0.05, 0.1) is 24.4 Å². The molecule has 3 aliphatic heterocycles. The van der Waals surface area contributed by atoms with Gasteiger partial charge in [0.1, 0.15) is 11.4 Å². The van der Waals surface area contributed by atoms with E-state index >= 15 is 0 Å². The number of nitrogens with two attached hydrogens (primary N) is 1. The summed E-state index contributed by atoms with van der Waals surface area (Å²) in [5.74, 6) is 0.782. The van der Waals surface area contributed by atoms with Crippen LogP contribution in [0.5, 0.6) is 0 Å². The molecule has 4 aliphatic rings. The molecule has 0 spiro atoms. The van der Waals surface area contributed by atoms with Gasteiger partial charge in [0, 0.05) is 18.5 Å². The first-order valence-corrected chi connectivity index (χ1v) is 12.4. The zero-order chi connectivity index (χ0) is 24.7. The maximum atomic E-state index is 11.5. The Kier molecular flexibility index (Phi) is 4.39. The molecule has 0 radical (unpaired) electrons. The number of aromatic nitrogens is 6. The first kappa shape index (κ1) is 21.5. The second-order valence-corrected chi connectivity index (χ2v) is 10.7. The highest BCUT2D eigenvalue weighted by Gasteiger charge is 2.66. The summed E-state index contributed by atoms with van der Waals surface area (Å²) in [6.07, 6.45) is 3.99. The van der Waals surface area contributed by atoms with E-state index in [1.165, 1.54) is 5.56 Å². The number of aryl methyl sites for hydroxylation is 1. The monoisotopic (exact) mass is 484 g/mol. The average molecular weight is 485 g/mol. The number of hydrogen-bond acceptors (Lipinski definition) is 7. The molecule has 36 heavy (non-hydrogen) atoms. The molecule has 1 amide bonds. The molecule has 6 heterocycles. The van der Waals surface area contributed by atoms with Crippen LogP contribution in [0.15, 0.2) is 42.6 Å². The van der Waals surface area contributed by atoms with Gasteiger partial charge in [-0.25, -0.2) is 14.5 Å². The topological polar surface area (TPSA) is 127 Å². The van der Waals surface area contributed by atoms with Gasteiger partial charge in [0.25, 0.3) is 5.91 Å². The Morgan fingerprint density at radius 1 is 1.25 bits per heavy atom. The van der Waals surface area contributed by atoms with Crippen LogP contribution < -0.4 is 10.6 Å². The molecule has 10 nitrogen and oxygen atoms in total. The molecule has 3 unspecified atom stereocenters. The van der Waals surface area contributed by atoms with Crippen LogP contribution >= 0.6 is 0 Å². The molecule has 8 rings (SSSR count). The second-order valence-electron chi connectivity index (χ2n) is 10.7. The van der Waals surface area contributed by atoms with Crippen molar-refractivity contribution in [3.63, 3.8) is 0 Å². The molecule has 4 fully saturated rings. The third-order valence-electron chi connectivity index (χ3n) is 8.40. The van der Waals surface area contributed by atoms with E-state index in [2.05, 4.69) is 76.5 Å². The van der Waals surface area contributed by atoms with Gasteiger partial charge < -0.3 is 15.4 Å². The first-order chi connectivity index (χ1) is 17.4. The second kappa shape index (κ2) is 7.36. The van der Waals surface area contributed by atoms with E-state index in [1.54, 1.807) is 0 Å². The third kappa shape index (κ3) is 2.97. The van der Waals surface area contributed by atoms with E-state index in [1.807, 2.05) is 4.52 Å². The summed E-state index contributed by atoms with van der Waals surface area (Å²) in [4.78, 5) is 23.2. The summed E-state index contributed by atoms with van der Waals surface area (Å²) in [5.41, 5.74) is 9.21. The highest BCUT2D eigenvalue weighted by molar-refractivity contribution is 5.88. The van der Waals surface area contributed by atoms with Crippen molar-refractivity contribution in [2.24, 2.45) is 11.7 Å². The predicted molar refractivity (Wildman–Crippen MR) is 132 cm³/mol. The number of ether oxygens (including phenoxy) is 1. The van der Waals surface area contributed by atoms with Crippen LogP contribution in [-0.2, 0) is 15.8 Å². The molecule has 2 bridgehead atoms. The number of pyridine rings is 1. The van der Waals surface area contributed by atoms with Crippen molar-refractivity contribution in [1.29, 1.82) is 0 Å². The predicted octanol–water partition coefficient (Wildman–Crippen LogP) is 2.45. The fourth-order valence-corrected chi connectivity index (χ4v) is 6.42. The van der Waals surface area contributed by atoms with Crippen molar-refractivity contribution < 1.29 is 9.53 Å². The van der Waals surface area contributed by atoms with Gasteiger partial charge in [0.2, 0.25) is 5.82 Å². The lowest BCUT2D eigenvalue weighted by Gasteiger charge is -2.41. The van der Waals surface area contributed by atoms with Gasteiger partial charge in [0.15, 0.2) is 11.5 Å². The van der Waals surface area contributed by atoms with Crippen molar-refractivity contribution >= 4 is 17.2 Å². The highest BCUT2D eigenvalue weighted by atomic mass is 16.5. The van der Waals surface area contributed by atoms with Crippen molar-refractivity contribution in [2.45, 2.75) is 43.6 Å². The van der Waals surface area contributed by atoms with E-state index in [4.69, 9.17) is 20.6 Å². The van der Waals surface area contributed by atoms with Gasteiger partial charge in [-0.15, -0.1) is 10.2 Å². The number of hydrogen-bond donors (Lipinski definition) is 2. The quantitative estimate of drug-likeness (QED) is 0.445. The van der Waals surface area contributed by atoms with Crippen LogP contribution in [0.1, 0.15) is 59.1 Å². The Balaban J connectivity index is 1.21. The number of primary amides is 1. The SMILES string of the molecule is Cc1cc(N2CC[C@](C)(c3ccccc3)C2)cn2nc(C34CC(CO3)C4c3nc(C(N)=O)n[nH]3)nc12. The Bertz CT molecular complexity index is 1490. The number of aromatic amines is 1. The molecule has 3 N–H and O–H groups in total. The molecule has 3 aromatic heterocycles. The number of nitrogens with zero attached hydrogens (tertiary/aromatic N) is 6. The van der Waals surface area contributed by atoms with Gasteiger partial charge >= 0.3 is 0 Å². The van der Waals surface area contributed by atoms with Crippen molar-refractivity contribution in [1.82, 2.24) is 29.8 Å². The fourth-order valence-electron chi connectivity index (χ4n) is 6.42. The molecule has 10 heteroatoms. The summed E-state index contributed by atoms with van der Waals surface area (Å²) in [7, 11) is 0. The van der Waals surface area contributed by atoms with Crippen LogP contribution in [0.4, 0.5) is 5.69 Å². The van der Waals surface area contributed by atoms with Gasteiger partial charge in [-0.05, 0) is 42.9 Å². The molecular formula is C26H28N8O2. The number of carbonyl (C=O) groups is 1. The van der Waals surface area contributed by atoms with Gasteiger partial charge in [-0.2, -0.15) is 0 Å². The lowest BCUT2D eigenvalue weighted by Crippen LogP contribution is -2.44. The smallest absolute Gasteiger partial charge is 0.288 e. The average Bonchev–Trinajstić information content (AvgIpc) is 3.66. The number of amides is 1. The maximum Gasteiger partial charge on any atom is 0.288 e. The van der Waals surface area contributed by atoms with Crippen molar-refractivity contribution in [2.75, 3.05) is 24.6 Å². The minimum absolute atomic E-state index is 0.0111. The highest BCUT2D eigenvalue weighted by Crippen LogP contribution is 2.63. The molecule has 184 valence electrons. The Hall–Kier alpha value is -3.79. The Morgan fingerprint density at radius 3 is 2.83 bits per heavy atom. The minimum atomic E-state index is -0.669. The molecule has 4 aromatic rings. The number of nitrogens with one attached hydrogen (secondary N) is 1. The van der Waals surface area contributed by atoms with Crippen LogP contribution in [0.3, 0.4) is 0 Å². The normalized spacial score (nSPS) is 29.1. The molecule has 4 atom stereocenters. The molecule has 1 aromatic carbocycles. The van der Waals surface area contributed by atoms with E-state index in [0.29, 0.717) is 18.3 Å².